The minimum atomic E-state index is 0.601. The van der Waals surface area contributed by atoms with Gasteiger partial charge in [-0.05, 0) is 37.1 Å². The van der Waals surface area contributed by atoms with Gasteiger partial charge in [0.2, 0.25) is 0 Å². The van der Waals surface area contributed by atoms with Crippen LogP contribution in [0.25, 0.3) is 0 Å². The van der Waals surface area contributed by atoms with Crippen molar-refractivity contribution in [3.8, 4) is 11.5 Å². The Morgan fingerprint density at radius 2 is 1.95 bits per heavy atom. The van der Waals surface area contributed by atoms with Gasteiger partial charge in [0.05, 0.1) is 5.02 Å². The van der Waals surface area contributed by atoms with Gasteiger partial charge in [-0.25, -0.2) is 0 Å². The van der Waals surface area contributed by atoms with Gasteiger partial charge in [0.1, 0.15) is 11.5 Å². The lowest BCUT2D eigenvalue weighted by molar-refractivity contribution is 0.472. The van der Waals surface area contributed by atoms with E-state index in [0.717, 1.165) is 22.3 Å². The number of para-hydroxylation sites is 1. The summed E-state index contributed by atoms with van der Waals surface area (Å²) in [5, 5.41) is 4.10. The van der Waals surface area contributed by atoms with Crippen LogP contribution < -0.4 is 10.1 Å². The summed E-state index contributed by atoms with van der Waals surface area (Å²) in [5.41, 5.74) is 1.15. The van der Waals surface area contributed by atoms with Gasteiger partial charge in [0.25, 0.3) is 0 Å². The maximum atomic E-state index is 6.20. The third-order valence-corrected chi connectivity index (χ3v) is 4.03. The van der Waals surface area contributed by atoms with Crippen LogP contribution in [-0.4, -0.2) is 6.04 Å². The van der Waals surface area contributed by atoms with Crippen LogP contribution in [0.4, 0.5) is 0 Å². The molecular weight excluding hydrogens is 338 g/mol. The molecule has 2 nitrogen and oxygen atoms in total. The maximum absolute atomic E-state index is 6.20. The Hall–Kier alpha value is -1.03. The van der Waals surface area contributed by atoms with Crippen molar-refractivity contribution in [2.24, 2.45) is 0 Å². The van der Waals surface area contributed by atoms with Gasteiger partial charge in [-0.2, -0.15) is 0 Å². The first-order chi connectivity index (χ1) is 9.72. The van der Waals surface area contributed by atoms with E-state index in [0.29, 0.717) is 16.8 Å². The molecule has 0 aromatic heterocycles. The Labute approximate surface area is 132 Å². The van der Waals surface area contributed by atoms with Crippen LogP contribution in [0.2, 0.25) is 5.02 Å². The SMILES string of the molecule is Clc1cc(Br)ccc1Oc1ccccc1CNC1CC1. The van der Waals surface area contributed by atoms with Crippen LogP contribution >= 0.6 is 27.5 Å². The van der Waals surface area contributed by atoms with Gasteiger partial charge in [-0.3, -0.25) is 0 Å². The Morgan fingerprint density at radius 1 is 1.15 bits per heavy atom. The van der Waals surface area contributed by atoms with E-state index in [4.69, 9.17) is 16.3 Å². The molecule has 104 valence electrons. The van der Waals surface area contributed by atoms with E-state index >= 15 is 0 Å². The molecule has 0 saturated heterocycles. The first-order valence-corrected chi connectivity index (χ1v) is 7.83. The largest absolute Gasteiger partial charge is 0.455 e. The molecule has 0 aliphatic heterocycles. The molecule has 2 aromatic rings. The zero-order chi connectivity index (χ0) is 13.9. The fourth-order valence-corrected chi connectivity index (χ4v) is 2.68. The molecule has 1 fully saturated rings. The highest BCUT2D eigenvalue weighted by Crippen LogP contribution is 2.33. The summed E-state index contributed by atoms with van der Waals surface area (Å²) >= 11 is 9.59. The molecule has 2 aromatic carbocycles. The van der Waals surface area contributed by atoms with Gasteiger partial charge in [-0.1, -0.05) is 45.7 Å². The fraction of sp³-hybridized carbons (Fsp3) is 0.250. The molecule has 0 spiro atoms. The molecule has 0 radical (unpaired) electrons. The number of nitrogens with one attached hydrogen (secondary N) is 1. The molecule has 0 heterocycles. The first-order valence-electron chi connectivity index (χ1n) is 6.66. The molecule has 0 unspecified atom stereocenters. The van der Waals surface area contributed by atoms with E-state index in [2.05, 4.69) is 27.3 Å². The van der Waals surface area contributed by atoms with Gasteiger partial charge in [0, 0.05) is 22.6 Å². The summed E-state index contributed by atoms with van der Waals surface area (Å²) in [4.78, 5) is 0. The Bertz CT molecular complexity index is 613. The van der Waals surface area contributed by atoms with Crippen molar-refractivity contribution >= 4 is 27.5 Å². The summed E-state index contributed by atoms with van der Waals surface area (Å²) in [5.74, 6) is 1.53. The lowest BCUT2D eigenvalue weighted by Gasteiger charge is -2.12. The molecule has 0 bridgehead atoms. The number of ether oxygens (including phenoxy) is 1. The lowest BCUT2D eigenvalue weighted by Crippen LogP contribution is -2.15. The van der Waals surface area contributed by atoms with Crippen molar-refractivity contribution < 1.29 is 4.74 Å². The number of halogens is 2. The highest BCUT2D eigenvalue weighted by molar-refractivity contribution is 9.10. The van der Waals surface area contributed by atoms with Crippen LogP contribution in [0.1, 0.15) is 18.4 Å². The molecule has 0 amide bonds. The molecular formula is C16H15BrClNO. The average Bonchev–Trinajstić information content (AvgIpc) is 3.25. The van der Waals surface area contributed by atoms with E-state index < -0.39 is 0 Å². The van der Waals surface area contributed by atoms with Crippen LogP contribution in [0.5, 0.6) is 11.5 Å². The molecule has 0 atom stereocenters. The Kier molecular flexibility index (Phi) is 4.29. The monoisotopic (exact) mass is 351 g/mol. The second-order valence-electron chi connectivity index (χ2n) is 4.94. The Morgan fingerprint density at radius 3 is 2.70 bits per heavy atom. The predicted octanol–water partition coefficient (Wildman–Crippen LogP) is 5.15. The van der Waals surface area contributed by atoms with Crippen LogP contribution in [0.15, 0.2) is 46.9 Å². The fourth-order valence-electron chi connectivity index (χ4n) is 1.97. The van der Waals surface area contributed by atoms with E-state index in [1.807, 2.05) is 36.4 Å². The predicted molar refractivity (Wildman–Crippen MR) is 85.5 cm³/mol. The third kappa shape index (κ3) is 3.54. The summed E-state index contributed by atoms with van der Waals surface area (Å²) in [6, 6.07) is 14.4. The topological polar surface area (TPSA) is 21.3 Å². The van der Waals surface area contributed by atoms with Crippen LogP contribution in [0.3, 0.4) is 0 Å². The molecule has 1 N–H and O–H groups in total. The van der Waals surface area contributed by atoms with Gasteiger partial charge in [-0.15, -0.1) is 0 Å². The molecule has 4 heteroatoms. The zero-order valence-electron chi connectivity index (χ0n) is 10.9. The molecule has 1 aliphatic rings. The lowest BCUT2D eigenvalue weighted by atomic mass is 10.2. The minimum Gasteiger partial charge on any atom is -0.455 e. The minimum absolute atomic E-state index is 0.601. The molecule has 1 aliphatic carbocycles. The smallest absolute Gasteiger partial charge is 0.146 e. The zero-order valence-corrected chi connectivity index (χ0v) is 13.2. The highest BCUT2D eigenvalue weighted by Gasteiger charge is 2.20. The number of benzene rings is 2. The number of hydrogen-bond acceptors (Lipinski definition) is 2. The summed E-state index contributed by atoms with van der Waals surface area (Å²) < 4.78 is 6.90. The Balaban J connectivity index is 1.78. The normalized spacial score (nSPS) is 14.3. The molecule has 3 rings (SSSR count). The van der Waals surface area contributed by atoms with Crippen molar-refractivity contribution in [3.63, 3.8) is 0 Å². The van der Waals surface area contributed by atoms with E-state index in [-0.39, 0.29) is 0 Å². The van der Waals surface area contributed by atoms with Crippen molar-refractivity contribution in [1.29, 1.82) is 0 Å². The average molecular weight is 353 g/mol. The summed E-state index contributed by atoms with van der Waals surface area (Å²) in [6.07, 6.45) is 2.56. The van der Waals surface area contributed by atoms with Gasteiger partial charge < -0.3 is 10.1 Å². The van der Waals surface area contributed by atoms with E-state index in [1.165, 1.54) is 12.8 Å². The first kappa shape index (κ1) is 13.9. The van der Waals surface area contributed by atoms with E-state index in [9.17, 15) is 0 Å². The van der Waals surface area contributed by atoms with Crippen molar-refractivity contribution in [1.82, 2.24) is 5.32 Å². The summed E-state index contributed by atoms with van der Waals surface area (Å²) in [7, 11) is 0. The molecule has 1 saturated carbocycles. The van der Waals surface area contributed by atoms with Crippen molar-refractivity contribution in [2.75, 3.05) is 0 Å². The highest BCUT2D eigenvalue weighted by atomic mass is 79.9. The number of hydrogen-bond donors (Lipinski definition) is 1. The van der Waals surface area contributed by atoms with Crippen LogP contribution in [-0.2, 0) is 6.54 Å². The standard InChI is InChI=1S/C16H15BrClNO/c17-12-5-8-16(14(18)9-12)20-15-4-2-1-3-11(15)10-19-13-6-7-13/h1-5,8-9,13,19H,6-7,10H2. The van der Waals surface area contributed by atoms with Crippen LogP contribution in [0, 0.1) is 0 Å². The maximum Gasteiger partial charge on any atom is 0.146 e. The summed E-state index contributed by atoms with van der Waals surface area (Å²) in [6.45, 7) is 0.828. The van der Waals surface area contributed by atoms with E-state index in [1.54, 1.807) is 0 Å². The quantitative estimate of drug-likeness (QED) is 0.804. The molecule has 20 heavy (non-hydrogen) atoms. The van der Waals surface area contributed by atoms with Gasteiger partial charge in [0.15, 0.2) is 0 Å². The second kappa shape index (κ2) is 6.17. The van der Waals surface area contributed by atoms with Crippen molar-refractivity contribution in [2.45, 2.75) is 25.4 Å². The van der Waals surface area contributed by atoms with Crippen molar-refractivity contribution in [3.05, 3.63) is 57.5 Å². The second-order valence-corrected chi connectivity index (χ2v) is 6.26. The number of rotatable bonds is 5. The third-order valence-electron chi connectivity index (χ3n) is 3.24. The van der Waals surface area contributed by atoms with Gasteiger partial charge >= 0.3 is 0 Å².